The van der Waals surface area contributed by atoms with Crippen molar-refractivity contribution in [3.8, 4) is 17.0 Å². The minimum atomic E-state index is 0. The first kappa shape index (κ1) is 21.4. The van der Waals surface area contributed by atoms with Crippen molar-refractivity contribution in [3.63, 3.8) is 0 Å². The highest BCUT2D eigenvalue weighted by atomic mass is 35.5. The van der Waals surface area contributed by atoms with Crippen LogP contribution in [0, 0.1) is 0 Å². The van der Waals surface area contributed by atoms with E-state index < -0.39 is 0 Å². The number of halogens is 2. The maximum atomic E-state index is 6.22. The Hall–Kier alpha value is -2.32. The van der Waals surface area contributed by atoms with Crippen molar-refractivity contribution in [2.24, 2.45) is 0 Å². The van der Waals surface area contributed by atoms with Gasteiger partial charge in [0.2, 0.25) is 5.16 Å². The summed E-state index contributed by atoms with van der Waals surface area (Å²) in [6, 6.07) is 21.4. The van der Waals surface area contributed by atoms with Crippen molar-refractivity contribution < 1.29 is 4.42 Å². The van der Waals surface area contributed by atoms with E-state index in [-0.39, 0.29) is 12.4 Å². The molecular formula is C20H19Cl2N5OS. The van der Waals surface area contributed by atoms with E-state index >= 15 is 0 Å². The molecule has 29 heavy (non-hydrogen) atoms. The number of rotatable bonds is 8. The van der Waals surface area contributed by atoms with E-state index in [0.717, 1.165) is 40.2 Å². The average Bonchev–Trinajstić information content (AvgIpc) is 3.38. The Balaban J connectivity index is 0.00000240. The zero-order valence-corrected chi connectivity index (χ0v) is 17.8. The van der Waals surface area contributed by atoms with Crippen LogP contribution < -0.4 is 5.32 Å². The maximum absolute atomic E-state index is 6.22. The number of nitrogens with zero attached hydrogens (tertiary/aromatic N) is 4. The highest BCUT2D eigenvalue weighted by molar-refractivity contribution is 7.99. The van der Waals surface area contributed by atoms with Crippen molar-refractivity contribution in [2.75, 3.05) is 12.3 Å². The Bertz CT molecular complexity index is 1040. The predicted molar refractivity (Wildman–Crippen MR) is 118 cm³/mol. The lowest BCUT2D eigenvalue weighted by atomic mass is 10.2. The third kappa shape index (κ3) is 5.39. The number of nitrogens with one attached hydrogen (secondary N) is 1. The van der Waals surface area contributed by atoms with Gasteiger partial charge >= 0.3 is 0 Å². The quantitative estimate of drug-likeness (QED) is 0.306. The first-order valence-electron chi connectivity index (χ1n) is 8.82. The van der Waals surface area contributed by atoms with Crippen LogP contribution in [-0.2, 0) is 6.54 Å². The van der Waals surface area contributed by atoms with Crippen LogP contribution in [0.3, 0.4) is 0 Å². The van der Waals surface area contributed by atoms with Crippen LogP contribution in [0.5, 0.6) is 0 Å². The molecule has 0 aliphatic rings. The van der Waals surface area contributed by atoms with Crippen molar-refractivity contribution >= 4 is 35.8 Å². The topological polar surface area (TPSA) is 68.8 Å². The van der Waals surface area contributed by atoms with E-state index in [2.05, 4.69) is 20.8 Å². The molecule has 4 rings (SSSR count). The van der Waals surface area contributed by atoms with E-state index in [1.807, 2.05) is 66.7 Å². The van der Waals surface area contributed by atoms with E-state index in [1.165, 1.54) is 0 Å². The monoisotopic (exact) mass is 447 g/mol. The predicted octanol–water partition coefficient (Wildman–Crippen LogP) is 4.88. The second-order valence-corrected chi connectivity index (χ2v) is 7.45. The summed E-state index contributed by atoms with van der Waals surface area (Å²) >= 11 is 7.83. The van der Waals surface area contributed by atoms with Crippen LogP contribution in [-0.4, -0.2) is 32.5 Å². The van der Waals surface area contributed by atoms with Crippen molar-refractivity contribution in [1.29, 1.82) is 0 Å². The summed E-state index contributed by atoms with van der Waals surface area (Å²) in [6.07, 6.45) is 0. The number of para-hydroxylation sites is 1. The minimum absolute atomic E-state index is 0. The van der Waals surface area contributed by atoms with Crippen LogP contribution in [0.2, 0.25) is 5.02 Å². The molecule has 0 atom stereocenters. The molecule has 0 fully saturated rings. The molecule has 9 heteroatoms. The van der Waals surface area contributed by atoms with Gasteiger partial charge in [0.05, 0.1) is 17.3 Å². The molecule has 0 spiro atoms. The summed E-state index contributed by atoms with van der Waals surface area (Å²) in [5.41, 5.74) is 1.85. The first-order valence-corrected chi connectivity index (χ1v) is 10.2. The van der Waals surface area contributed by atoms with Gasteiger partial charge in [-0.3, -0.25) is 0 Å². The van der Waals surface area contributed by atoms with Gasteiger partial charge in [-0.25, -0.2) is 0 Å². The van der Waals surface area contributed by atoms with Crippen LogP contribution >= 0.6 is 35.8 Å². The van der Waals surface area contributed by atoms with Crippen LogP contribution in [0.15, 0.2) is 76.3 Å². The van der Waals surface area contributed by atoms with Crippen molar-refractivity contribution in [2.45, 2.75) is 11.7 Å². The third-order valence-corrected chi connectivity index (χ3v) is 5.30. The second-order valence-electron chi connectivity index (χ2n) is 5.98. The summed E-state index contributed by atoms with van der Waals surface area (Å²) < 4.78 is 7.63. The zero-order chi connectivity index (χ0) is 19.2. The molecule has 6 nitrogen and oxygen atoms in total. The van der Waals surface area contributed by atoms with Crippen LogP contribution in [0.25, 0.3) is 17.0 Å². The molecule has 0 radical (unpaired) electrons. The average molecular weight is 448 g/mol. The molecule has 0 aliphatic carbocycles. The molecular weight excluding hydrogens is 429 g/mol. The lowest BCUT2D eigenvalue weighted by Gasteiger charge is -2.05. The molecule has 4 aromatic rings. The second kappa shape index (κ2) is 10.5. The van der Waals surface area contributed by atoms with Gasteiger partial charge in [0.15, 0.2) is 0 Å². The maximum Gasteiger partial charge on any atom is 0.214 e. The van der Waals surface area contributed by atoms with Crippen molar-refractivity contribution in [3.05, 3.63) is 77.5 Å². The van der Waals surface area contributed by atoms with Gasteiger partial charge in [-0.05, 0) is 46.8 Å². The number of furan rings is 1. The normalized spacial score (nSPS) is 10.7. The third-order valence-electron chi connectivity index (χ3n) is 4.05. The number of benzene rings is 2. The highest BCUT2D eigenvalue weighted by Crippen LogP contribution is 2.29. The summed E-state index contributed by atoms with van der Waals surface area (Å²) in [4.78, 5) is 0. The summed E-state index contributed by atoms with van der Waals surface area (Å²) in [5, 5.41) is 16.8. The molecule has 0 aliphatic heterocycles. The van der Waals surface area contributed by atoms with Crippen LogP contribution in [0.1, 0.15) is 5.76 Å². The van der Waals surface area contributed by atoms with Gasteiger partial charge in [0.25, 0.3) is 0 Å². The van der Waals surface area contributed by atoms with Crippen molar-refractivity contribution in [1.82, 2.24) is 25.5 Å². The molecule has 1 N–H and O–H groups in total. The Morgan fingerprint density at radius 2 is 1.79 bits per heavy atom. The van der Waals surface area contributed by atoms with Gasteiger partial charge in [-0.2, -0.15) is 4.68 Å². The minimum Gasteiger partial charge on any atom is -0.460 e. The van der Waals surface area contributed by atoms with Gasteiger partial charge in [0.1, 0.15) is 11.5 Å². The lowest BCUT2D eigenvalue weighted by Crippen LogP contribution is -2.16. The molecule has 0 bridgehead atoms. The smallest absolute Gasteiger partial charge is 0.214 e. The Labute approximate surface area is 184 Å². The number of tetrazole rings is 1. The summed E-state index contributed by atoms with van der Waals surface area (Å²) in [5.74, 6) is 2.48. The molecule has 2 aromatic heterocycles. The van der Waals surface area contributed by atoms with Gasteiger partial charge in [-0.1, -0.05) is 53.7 Å². The molecule has 0 saturated heterocycles. The Kier molecular flexibility index (Phi) is 7.71. The molecule has 2 heterocycles. The lowest BCUT2D eigenvalue weighted by molar-refractivity contribution is 0.499. The number of hydrogen-bond acceptors (Lipinski definition) is 6. The fourth-order valence-corrected chi connectivity index (χ4v) is 3.72. The number of aromatic nitrogens is 4. The number of thioether (sulfide) groups is 1. The zero-order valence-electron chi connectivity index (χ0n) is 15.4. The van der Waals surface area contributed by atoms with E-state index in [4.69, 9.17) is 16.0 Å². The van der Waals surface area contributed by atoms with Gasteiger partial charge in [-0.15, -0.1) is 17.5 Å². The van der Waals surface area contributed by atoms with Crippen LogP contribution in [0.4, 0.5) is 0 Å². The molecule has 150 valence electrons. The molecule has 2 aromatic carbocycles. The standard InChI is InChI=1S/C20H18ClN5OS.ClH/c21-18-9-5-4-8-17(18)19-11-10-16(27-19)14-22-12-13-28-20-23-24-25-26(20)15-6-2-1-3-7-15;/h1-11,22H,12-14H2;1H. The fraction of sp³-hybridized carbons (Fsp3) is 0.150. The van der Waals surface area contributed by atoms with Gasteiger partial charge < -0.3 is 9.73 Å². The fourth-order valence-electron chi connectivity index (χ4n) is 2.70. The molecule has 0 saturated carbocycles. The SMILES string of the molecule is Cl.Clc1ccccc1-c1ccc(CNCCSc2nnnn2-c2ccccc2)o1. The highest BCUT2D eigenvalue weighted by Gasteiger charge is 2.09. The summed E-state index contributed by atoms with van der Waals surface area (Å²) in [7, 11) is 0. The van der Waals surface area contributed by atoms with Gasteiger partial charge in [0, 0.05) is 17.9 Å². The Morgan fingerprint density at radius 1 is 1.00 bits per heavy atom. The first-order chi connectivity index (χ1) is 13.8. The number of hydrogen-bond donors (Lipinski definition) is 1. The largest absolute Gasteiger partial charge is 0.460 e. The van der Waals surface area contributed by atoms with E-state index in [9.17, 15) is 0 Å². The summed E-state index contributed by atoms with van der Waals surface area (Å²) in [6.45, 7) is 1.45. The van der Waals surface area contributed by atoms with E-state index in [0.29, 0.717) is 11.6 Å². The molecule has 0 unspecified atom stereocenters. The Morgan fingerprint density at radius 3 is 2.62 bits per heavy atom. The molecule has 0 amide bonds. The van der Waals surface area contributed by atoms with E-state index in [1.54, 1.807) is 16.4 Å².